The normalized spacial score (nSPS) is 19.2. The molecule has 1 amide bonds. The fourth-order valence-electron chi connectivity index (χ4n) is 2.31. The van der Waals surface area contributed by atoms with Gasteiger partial charge in [-0.1, -0.05) is 32.0 Å². The Morgan fingerprint density at radius 2 is 2.22 bits per heavy atom. The maximum Gasteiger partial charge on any atom is 0.228 e. The predicted octanol–water partition coefficient (Wildman–Crippen LogP) is 3.81. The summed E-state index contributed by atoms with van der Waals surface area (Å²) in [5.74, 6) is 2.89. The van der Waals surface area contributed by atoms with E-state index in [4.69, 9.17) is 0 Å². The van der Waals surface area contributed by atoms with Crippen LogP contribution in [0.15, 0.2) is 18.2 Å². The molecule has 0 saturated carbocycles. The Bertz CT molecular complexity index is 436. The van der Waals surface area contributed by atoms with Crippen molar-refractivity contribution in [1.82, 2.24) is 0 Å². The molecule has 1 saturated heterocycles. The summed E-state index contributed by atoms with van der Waals surface area (Å²) >= 11 is 1.87. The van der Waals surface area contributed by atoms with Crippen molar-refractivity contribution in [2.75, 3.05) is 16.8 Å². The lowest BCUT2D eigenvalue weighted by Gasteiger charge is -2.18. The molecule has 2 nitrogen and oxygen atoms in total. The average molecular weight is 263 g/mol. The minimum atomic E-state index is 0.189. The van der Waals surface area contributed by atoms with Crippen LogP contribution in [0, 0.1) is 12.8 Å². The summed E-state index contributed by atoms with van der Waals surface area (Å²) in [6.07, 6.45) is 1.01. The SMILES string of the molecule is Cc1cccc(C(C)C)c1NC(=O)C1CCSC1. The quantitative estimate of drug-likeness (QED) is 0.898. The van der Waals surface area contributed by atoms with E-state index in [0.29, 0.717) is 5.92 Å². The van der Waals surface area contributed by atoms with Crippen LogP contribution in [0.2, 0.25) is 0 Å². The minimum Gasteiger partial charge on any atom is -0.325 e. The highest BCUT2D eigenvalue weighted by molar-refractivity contribution is 7.99. The van der Waals surface area contributed by atoms with Crippen molar-refractivity contribution < 1.29 is 4.79 Å². The Hall–Kier alpha value is -0.960. The van der Waals surface area contributed by atoms with E-state index in [9.17, 15) is 4.79 Å². The first kappa shape index (κ1) is 13.5. The van der Waals surface area contributed by atoms with Gasteiger partial charge in [-0.3, -0.25) is 4.79 Å². The maximum absolute atomic E-state index is 12.2. The molecule has 0 aliphatic carbocycles. The molecule has 0 aromatic heterocycles. The molecule has 3 heteroatoms. The number of para-hydroxylation sites is 1. The second-order valence-electron chi connectivity index (χ2n) is 5.24. The zero-order valence-electron chi connectivity index (χ0n) is 11.3. The lowest BCUT2D eigenvalue weighted by atomic mass is 9.97. The Morgan fingerprint density at radius 3 is 2.83 bits per heavy atom. The molecule has 0 spiro atoms. The van der Waals surface area contributed by atoms with Crippen LogP contribution in [-0.4, -0.2) is 17.4 Å². The summed E-state index contributed by atoms with van der Waals surface area (Å²) in [5, 5.41) is 3.15. The molecule has 1 aliphatic heterocycles. The van der Waals surface area contributed by atoms with Crippen molar-refractivity contribution in [3.8, 4) is 0 Å². The second-order valence-corrected chi connectivity index (χ2v) is 6.39. The van der Waals surface area contributed by atoms with Gasteiger partial charge in [-0.15, -0.1) is 0 Å². The van der Waals surface area contributed by atoms with E-state index in [-0.39, 0.29) is 11.8 Å². The van der Waals surface area contributed by atoms with Gasteiger partial charge < -0.3 is 5.32 Å². The maximum atomic E-state index is 12.2. The highest BCUT2D eigenvalue weighted by Gasteiger charge is 2.24. The summed E-state index contributed by atoms with van der Waals surface area (Å²) in [6, 6.07) is 6.23. The van der Waals surface area contributed by atoms with Gasteiger partial charge in [-0.25, -0.2) is 0 Å². The number of hydrogen-bond acceptors (Lipinski definition) is 2. The van der Waals surface area contributed by atoms with Crippen molar-refractivity contribution in [3.63, 3.8) is 0 Å². The highest BCUT2D eigenvalue weighted by atomic mass is 32.2. The summed E-state index contributed by atoms with van der Waals surface area (Å²) in [5.41, 5.74) is 3.41. The van der Waals surface area contributed by atoms with Crippen LogP contribution in [0.25, 0.3) is 0 Å². The van der Waals surface area contributed by atoms with Gasteiger partial charge in [-0.05, 0) is 36.1 Å². The van der Waals surface area contributed by atoms with Crippen LogP contribution >= 0.6 is 11.8 Å². The lowest BCUT2D eigenvalue weighted by Crippen LogP contribution is -2.23. The van der Waals surface area contributed by atoms with Crippen molar-refractivity contribution in [2.24, 2.45) is 5.92 Å². The van der Waals surface area contributed by atoms with E-state index in [0.717, 1.165) is 29.2 Å². The smallest absolute Gasteiger partial charge is 0.228 e. The molecule has 1 aromatic carbocycles. The molecule has 1 heterocycles. The second kappa shape index (κ2) is 5.79. The zero-order chi connectivity index (χ0) is 13.1. The van der Waals surface area contributed by atoms with Crippen LogP contribution in [0.5, 0.6) is 0 Å². The van der Waals surface area contributed by atoms with Crippen molar-refractivity contribution in [1.29, 1.82) is 0 Å². The van der Waals surface area contributed by atoms with Gasteiger partial charge in [0.2, 0.25) is 5.91 Å². The average Bonchev–Trinajstić information content (AvgIpc) is 2.85. The Kier molecular flexibility index (Phi) is 4.33. The van der Waals surface area contributed by atoms with Gasteiger partial charge in [0.1, 0.15) is 0 Å². The third-order valence-corrected chi connectivity index (χ3v) is 4.64. The van der Waals surface area contributed by atoms with Crippen LogP contribution in [0.3, 0.4) is 0 Å². The number of thioether (sulfide) groups is 1. The number of carbonyl (C=O) groups excluding carboxylic acids is 1. The molecule has 1 fully saturated rings. The molecule has 18 heavy (non-hydrogen) atoms. The van der Waals surface area contributed by atoms with Gasteiger partial charge in [0.15, 0.2) is 0 Å². The highest BCUT2D eigenvalue weighted by Crippen LogP contribution is 2.30. The molecule has 1 unspecified atom stereocenters. The molecule has 1 atom stereocenters. The molecule has 1 aromatic rings. The van der Waals surface area contributed by atoms with E-state index < -0.39 is 0 Å². The van der Waals surface area contributed by atoms with E-state index in [1.54, 1.807) is 0 Å². The van der Waals surface area contributed by atoms with Crippen LogP contribution in [0.4, 0.5) is 5.69 Å². The van der Waals surface area contributed by atoms with E-state index in [1.165, 1.54) is 5.56 Å². The fraction of sp³-hybridized carbons (Fsp3) is 0.533. The third kappa shape index (κ3) is 2.89. The number of rotatable bonds is 3. The summed E-state index contributed by atoms with van der Waals surface area (Å²) in [6.45, 7) is 6.39. The fourth-order valence-corrected chi connectivity index (χ4v) is 3.53. The third-order valence-electron chi connectivity index (χ3n) is 3.48. The number of nitrogens with one attached hydrogen (secondary N) is 1. The van der Waals surface area contributed by atoms with Crippen molar-refractivity contribution in [2.45, 2.75) is 33.1 Å². The number of amides is 1. The molecule has 1 N–H and O–H groups in total. The lowest BCUT2D eigenvalue weighted by molar-refractivity contribution is -0.119. The van der Waals surface area contributed by atoms with Crippen LogP contribution in [0.1, 0.15) is 37.3 Å². The zero-order valence-corrected chi connectivity index (χ0v) is 12.1. The standard InChI is InChI=1S/C15H21NOS/c1-10(2)13-6-4-5-11(3)14(13)16-15(17)12-7-8-18-9-12/h4-6,10,12H,7-9H2,1-3H3,(H,16,17). The van der Waals surface area contributed by atoms with Gasteiger partial charge in [0.25, 0.3) is 0 Å². The summed E-state index contributed by atoms with van der Waals surface area (Å²) in [7, 11) is 0. The summed E-state index contributed by atoms with van der Waals surface area (Å²) < 4.78 is 0. The molecule has 0 radical (unpaired) electrons. The van der Waals surface area contributed by atoms with Crippen molar-refractivity contribution in [3.05, 3.63) is 29.3 Å². The molecular weight excluding hydrogens is 242 g/mol. The molecule has 2 rings (SSSR count). The van der Waals surface area contributed by atoms with E-state index in [2.05, 4.69) is 44.3 Å². The number of carbonyl (C=O) groups is 1. The first-order chi connectivity index (χ1) is 8.59. The molecular formula is C15H21NOS. The van der Waals surface area contributed by atoms with Gasteiger partial charge in [0, 0.05) is 17.4 Å². The monoisotopic (exact) mass is 263 g/mol. The number of hydrogen-bond donors (Lipinski definition) is 1. The first-order valence-electron chi connectivity index (χ1n) is 6.57. The molecule has 1 aliphatic rings. The van der Waals surface area contributed by atoms with Gasteiger partial charge >= 0.3 is 0 Å². The molecule has 0 bridgehead atoms. The first-order valence-corrected chi connectivity index (χ1v) is 7.73. The minimum absolute atomic E-state index is 0.189. The topological polar surface area (TPSA) is 29.1 Å². The number of aryl methyl sites for hydroxylation is 1. The Morgan fingerprint density at radius 1 is 1.44 bits per heavy atom. The Balaban J connectivity index is 2.19. The van der Waals surface area contributed by atoms with E-state index in [1.807, 2.05) is 11.8 Å². The Labute approximate surface area is 114 Å². The van der Waals surface area contributed by atoms with Crippen LogP contribution in [-0.2, 0) is 4.79 Å². The van der Waals surface area contributed by atoms with E-state index >= 15 is 0 Å². The largest absolute Gasteiger partial charge is 0.325 e. The molecule has 98 valence electrons. The number of anilines is 1. The van der Waals surface area contributed by atoms with Crippen molar-refractivity contribution >= 4 is 23.4 Å². The van der Waals surface area contributed by atoms with Gasteiger partial charge in [-0.2, -0.15) is 11.8 Å². The van der Waals surface area contributed by atoms with Gasteiger partial charge in [0.05, 0.1) is 0 Å². The predicted molar refractivity (Wildman–Crippen MR) is 79.3 cm³/mol. The summed E-state index contributed by atoms with van der Waals surface area (Å²) in [4.78, 5) is 12.2. The van der Waals surface area contributed by atoms with Crippen LogP contribution < -0.4 is 5.32 Å². The number of benzene rings is 1.